The third-order valence-electron chi connectivity index (χ3n) is 3.83. The number of nitrogens with one attached hydrogen (secondary N) is 1. The van der Waals surface area contributed by atoms with Gasteiger partial charge >= 0.3 is 0 Å². The molecule has 0 saturated carbocycles. The maximum Gasteiger partial charge on any atom is 0.236 e. The molecule has 148 valence electrons. The van der Waals surface area contributed by atoms with Gasteiger partial charge in [0.05, 0.1) is 5.75 Å². The molecule has 0 aliphatic carbocycles. The minimum atomic E-state index is -0.262. The molecule has 0 aliphatic rings. The number of carbonyl (C=O) groups excluding carboxylic acids is 1. The highest BCUT2D eigenvalue weighted by Gasteiger charge is 2.19. The molecule has 3 aromatic rings. The molecule has 1 N–H and O–H groups in total. The fourth-order valence-corrected chi connectivity index (χ4v) is 4.00. The Kier molecular flexibility index (Phi) is 6.63. The van der Waals surface area contributed by atoms with Gasteiger partial charge in [-0.25, -0.2) is 0 Å². The fraction of sp³-hybridized carbons (Fsp3) is 0.389. The van der Waals surface area contributed by atoms with Crippen molar-refractivity contribution in [3.05, 3.63) is 40.7 Å². The third-order valence-corrected chi connectivity index (χ3v) is 5.55. The second-order valence-electron chi connectivity index (χ2n) is 6.12. The lowest BCUT2D eigenvalue weighted by Gasteiger charge is -2.15. The second kappa shape index (κ2) is 9.16. The van der Waals surface area contributed by atoms with Crippen LogP contribution in [-0.2, 0) is 11.3 Å². The smallest absolute Gasteiger partial charge is 0.236 e. The molecule has 1 aromatic carbocycles. The highest BCUT2D eigenvalue weighted by atomic mass is 32.2. The summed E-state index contributed by atoms with van der Waals surface area (Å²) in [5.41, 5.74) is 1.13. The van der Waals surface area contributed by atoms with E-state index in [1.165, 1.54) is 23.1 Å². The number of hydrogen-bond donors (Lipinski definition) is 1. The predicted molar refractivity (Wildman–Crippen MR) is 110 cm³/mol. The lowest BCUT2D eigenvalue weighted by Crippen LogP contribution is -2.15. The first-order valence-electron chi connectivity index (χ1n) is 8.85. The summed E-state index contributed by atoms with van der Waals surface area (Å²) >= 11 is 2.67. The lowest BCUT2D eigenvalue weighted by atomic mass is 10.2. The molecule has 0 fully saturated rings. The zero-order chi connectivity index (χ0) is 20.1. The Labute approximate surface area is 171 Å². The van der Waals surface area contributed by atoms with E-state index in [2.05, 4.69) is 25.7 Å². The normalized spacial score (nSPS) is 12.0. The molecule has 1 unspecified atom stereocenters. The number of hydrogen-bond acceptors (Lipinski definition) is 8. The Morgan fingerprint density at radius 2 is 2.11 bits per heavy atom. The van der Waals surface area contributed by atoms with Gasteiger partial charge in [0.25, 0.3) is 0 Å². The number of amides is 1. The molecule has 0 aliphatic heterocycles. The van der Waals surface area contributed by atoms with E-state index in [-0.39, 0.29) is 17.8 Å². The number of carbonyl (C=O) groups is 1. The Morgan fingerprint density at radius 3 is 2.79 bits per heavy atom. The Bertz CT molecular complexity index is 955. The van der Waals surface area contributed by atoms with Crippen LogP contribution in [0.1, 0.15) is 36.3 Å². The standard InChI is InChI=1S/C18H22N6O2S2/c1-5-24-16(12(3)26-14-8-6-7-11(2)9-14)21-23-18(24)27-10-15(25)19-17-22-20-13(4)28-17/h6-9,12H,5,10H2,1-4H3,(H,19,22,25). The van der Waals surface area contributed by atoms with Gasteiger partial charge in [-0.2, -0.15) is 0 Å². The summed E-state index contributed by atoms with van der Waals surface area (Å²) in [5, 5.41) is 21.0. The first kappa shape index (κ1) is 20.3. The number of ether oxygens (including phenoxy) is 1. The van der Waals surface area contributed by atoms with Crippen LogP contribution in [0.4, 0.5) is 5.13 Å². The topological polar surface area (TPSA) is 94.8 Å². The molecule has 28 heavy (non-hydrogen) atoms. The summed E-state index contributed by atoms with van der Waals surface area (Å²) in [6, 6.07) is 7.89. The molecule has 2 aromatic heterocycles. The largest absolute Gasteiger partial charge is 0.483 e. The van der Waals surface area contributed by atoms with Crippen LogP contribution in [0.5, 0.6) is 5.75 Å². The zero-order valence-corrected chi connectivity index (χ0v) is 17.8. The first-order valence-corrected chi connectivity index (χ1v) is 10.7. The molecule has 0 saturated heterocycles. The number of benzene rings is 1. The predicted octanol–water partition coefficient (Wildman–Crippen LogP) is 3.64. The van der Waals surface area contributed by atoms with Crippen LogP contribution in [0.3, 0.4) is 0 Å². The van der Waals surface area contributed by atoms with Crippen molar-refractivity contribution < 1.29 is 9.53 Å². The summed E-state index contributed by atoms with van der Waals surface area (Å²) in [7, 11) is 0. The Balaban J connectivity index is 1.63. The summed E-state index contributed by atoms with van der Waals surface area (Å²) in [6.07, 6.45) is -0.262. The van der Waals surface area contributed by atoms with Gasteiger partial charge in [-0.15, -0.1) is 20.4 Å². The second-order valence-corrected chi connectivity index (χ2v) is 8.25. The molecule has 8 nitrogen and oxygen atoms in total. The van der Waals surface area contributed by atoms with Crippen molar-refractivity contribution >= 4 is 34.1 Å². The van der Waals surface area contributed by atoms with Gasteiger partial charge in [0.15, 0.2) is 17.1 Å². The highest BCUT2D eigenvalue weighted by molar-refractivity contribution is 7.99. The van der Waals surface area contributed by atoms with Gasteiger partial charge in [-0.05, 0) is 45.4 Å². The van der Waals surface area contributed by atoms with Crippen LogP contribution in [0.25, 0.3) is 0 Å². The van der Waals surface area contributed by atoms with Gasteiger partial charge in [0.1, 0.15) is 10.8 Å². The molecule has 2 heterocycles. The monoisotopic (exact) mass is 418 g/mol. The van der Waals surface area contributed by atoms with Crippen molar-refractivity contribution in [1.29, 1.82) is 0 Å². The van der Waals surface area contributed by atoms with Crippen molar-refractivity contribution in [2.24, 2.45) is 0 Å². The fourth-order valence-electron chi connectivity index (χ4n) is 2.58. The van der Waals surface area contributed by atoms with Crippen molar-refractivity contribution in [2.45, 2.75) is 45.5 Å². The number of thioether (sulfide) groups is 1. The number of aromatic nitrogens is 5. The van der Waals surface area contributed by atoms with Gasteiger partial charge in [-0.3, -0.25) is 10.1 Å². The van der Waals surface area contributed by atoms with Crippen LogP contribution in [0.2, 0.25) is 0 Å². The molecule has 0 bridgehead atoms. The molecule has 1 atom stereocenters. The molecule has 0 radical (unpaired) electrons. The number of nitrogens with zero attached hydrogens (tertiary/aromatic N) is 5. The van der Waals surface area contributed by atoms with Crippen LogP contribution in [-0.4, -0.2) is 36.6 Å². The first-order chi connectivity index (χ1) is 13.5. The van der Waals surface area contributed by atoms with Crippen molar-refractivity contribution in [3.63, 3.8) is 0 Å². The number of rotatable bonds is 8. The maximum absolute atomic E-state index is 12.1. The van der Waals surface area contributed by atoms with Gasteiger partial charge in [0, 0.05) is 6.54 Å². The lowest BCUT2D eigenvalue weighted by molar-refractivity contribution is -0.113. The number of aryl methyl sites for hydroxylation is 2. The van der Waals surface area contributed by atoms with Crippen molar-refractivity contribution in [2.75, 3.05) is 11.1 Å². The van der Waals surface area contributed by atoms with Gasteiger partial charge < -0.3 is 9.30 Å². The van der Waals surface area contributed by atoms with Crippen LogP contribution < -0.4 is 10.1 Å². The number of anilines is 1. The summed E-state index contributed by atoms with van der Waals surface area (Å²) in [5.74, 6) is 1.58. The van der Waals surface area contributed by atoms with Crippen LogP contribution in [0, 0.1) is 13.8 Å². The van der Waals surface area contributed by atoms with E-state index < -0.39 is 0 Å². The summed E-state index contributed by atoms with van der Waals surface area (Å²) in [6.45, 7) is 8.50. The van der Waals surface area contributed by atoms with E-state index >= 15 is 0 Å². The van der Waals surface area contributed by atoms with Crippen LogP contribution in [0.15, 0.2) is 29.4 Å². The minimum absolute atomic E-state index is 0.155. The SMILES string of the molecule is CCn1c(SCC(=O)Nc2nnc(C)s2)nnc1C(C)Oc1cccc(C)c1. The molecule has 10 heteroatoms. The summed E-state index contributed by atoms with van der Waals surface area (Å²) in [4.78, 5) is 12.1. The Morgan fingerprint density at radius 1 is 1.29 bits per heavy atom. The third kappa shape index (κ3) is 5.08. The van der Waals surface area contributed by atoms with E-state index in [1.54, 1.807) is 0 Å². The molecule has 3 rings (SSSR count). The Hall–Kier alpha value is -2.46. The van der Waals surface area contributed by atoms with E-state index in [0.29, 0.717) is 16.8 Å². The summed E-state index contributed by atoms with van der Waals surface area (Å²) < 4.78 is 7.98. The van der Waals surface area contributed by atoms with Gasteiger partial charge in [-0.1, -0.05) is 35.2 Å². The average Bonchev–Trinajstić information content (AvgIpc) is 3.25. The van der Waals surface area contributed by atoms with E-state index in [1.807, 2.05) is 56.5 Å². The average molecular weight is 419 g/mol. The van der Waals surface area contributed by atoms with E-state index in [4.69, 9.17) is 4.74 Å². The van der Waals surface area contributed by atoms with E-state index in [0.717, 1.165) is 22.1 Å². The molecule has 0 spiro atoms. The molecular weight excluding hydrogens is 396 g/mol. The minimum Gasteiger partial charge on any atom is -0.483 e. The molecular formula is C18H22N6O2S2. The molecule has 1 amide bonds. The quantitative estimate of drug-likeness (QED) is 0.558. The van der Waals surface area contributed by atoms with Crippen molar-refractivity contribution in [3.8, 4) is 5.75 Å². The maximum atomic E-state index is 12.1. The highest BCUT2D eigenvalue weighted by Crippen LogP contribution is 2.25. The van der Waals surface area contributed by atoms with E-state index in [9.17, 15) is 4.79 Å². The zero-order valence-electron chi connectivity index (χ0n) is 16.2. The van der Waals surface area contributed by atoms with Crippen molar-refractivity contribution in [1.82, 2.24) is 25.0 Å². The van der Waals surface area contributed by atoms with Crippen LogP contribution >= 0.6 is 23.1 Å². The van der Waals surface area contributed by atoms with Gasteiger partial charge in [0.2, 0.25) is 11.0 Å².